The second-order valence-electron chi connectivity index (χ2n) is 4.81. The summed E-state index contributed by atoms with van der Waals surface area (Å²) >= 11 is 5.10. The molecule has 0 aliphatic carbocycles. The monoisotopic (exact) mass is 302 g/mol. The molecule has 1 heterocycles. The molecule has 110 valence electrons. The summed E-state index contributed by atoms with van der Waals surface area (Å²) in [6, 6.07) is 9.59. The molecular formula is C16H18N2O2S. The van der Waals surface area contributed by atoms with Crippen molar-refractivity contribution in [3.8, 4) is 11.6 Å². The van der Waals surface area contributed by atoms with Crippen LogP contribution in [0.5, 0.6) is 11.6 Å². The van der Waals surface area contributed by atoms with Gasteiger partial charge in [-0.15, -0.1) is 0 Å². The van der Waals surface area contributed by atoms with Gasteiger partial charge in [0, 0.05) is 12.8 Å². The highest BCUT2D eigenvalue weighted by Gasteiger charge is 2.13. The number of nitrogens with two attached hydrogens (primary N) is 1. The topological polar surface area (TPSA) is 57.4 Å². The van der Waals surface area contributed by atoms with Gasteiger partial charge in [0.15, 0.2) is 0 Å². The zero-order valence-corrected chi connectivity index (χ0v) is 13.2. The fraction of sp³-hybridized carbons (Fsp3) is 0.250. The van der Waals surface area contributed by atoms with Crippen molar-refractivity contribution in [1.82, 2.24) is 4.98 Å². The first-order valence-electron chi connectivity index (χ1n) is 6.55. The van der Waals surface area contributed by atoms with Crippen LogP contribution in [0.4, 0.5) is 0 Å². The van der Waals surface area contributed by atoms with E-state index in [0.717, 1.165) is 16.8 Å². The summed E-state index contributed by atoms with van der Waals surface area (Å²) in [5.74, 6) is 1.12. The maximum atomic E-state index is 5.89. The molecule has 0 radical (unpaired) electrons. The van der Waals surface area contributed by atoms with Crippen molar-refractivity contribution in [3.05, 3.63) is 52.7 Å². The number of hydrogen-bond donors (Lipinski definition) is 1. The van der Waals surface area contributed by atoms with Crippen molar-refractivity contribution in [2.45, 2.75) is 20.5 Å². The minimum atomic E-state index is 0.281. The summed E-state index contributed by atoms with van der Waals surface area (Å²) in [7, 11) is 1.66. The van der Waals surface area contributed by atoms with Crippen LogP contribution in [0.1, 0.15) is 22.4 Å². The number of ether oxygens (including phenoxy) is 2. The standard InChI is InChI=1S/C16H18N2O2S/c1-10-7-11(2)18-16(14(10)15(17)21)20-13-6-4-5-12(8-13)9-19-3/h4-8H,9H2,1-3H3,(H2,17,21). The normalized spacial score (nSPS) is 10.4. The first-order chi connectivity index (χ1) is 10.0. The van der Waals surface area contributed by atoms with Gasteiger partial charge in [0.05, 0.1) is 12.2 Å². The van der Waals surface area contributed by atoms with Crippen LogP contribution in [0.25, 0.3) is 0 Å². The van der Waals surface area contributed by atoms with E-state index in [1.54, 1.807) is 7.11 Å². The van der Waals surface area contributed by atoms with E-state index in [0.29, 0.717) is 23.8 Å². The van der Waals surface area contributed by atoms with Gasteiger partial charge in [-0.2, -0.15) is 0 Å². The molecule has 2 rings (SSSR count). The molecule has 2 aromatic rings. The Hall–Kier alpha value is -1.98. The van der Waals surface area contributed by atoms with Crippen LogP contribution >= 0.6 is 12.2 Å². The van der Waals surface area contributed by atoms with Gasteiger partial charge < -0.3 is 15.2 Å². The first kappa shape index (κ1) is 15.4. The van der Waals surface area contributed by atoms with Crippen LogP contribution in [-0.4, -0.2) is 17.1 Å². The second-order valence-corrected chi connectivity index (χ2v) is 5.25. The Labute approximate surface area is 129 Å². The Morgan fingerprint density at radius 1 is 1.29 bits per heavy atom. The summed E-state index contributed by atoms with van der Waals surface area (Å²) in [5.41, 5.74) is 9.30. The molecule has 1 aromatic heterocycles. The number of thiocarbonyl (C=S) groups is 1. The van der Waals surface area contributed by atoms with Gasteiger partial charge in [0.25, 0.3) is 0 Å². The van der Waals surface area contributed by atoms with Gasteiger partial charge in [0.2, 0.25) is 5.88 Å². The number of rotatable bonds is 5. The zero-order chi connectivity index (χ0) is 15.4. The lowest BCUT2D eigenvalue weighted by Crippen LogP contribution is -2.14. The maximum absolute atomic E-state index is 5.89. The summed E-state index contributed by atoms with van der Waals surface area (Å²) in [4.78, 5) is 4.69. The molecule has 2 N–H and O–H groups in total. The number of pyridine rings is 1. The molecule has 0 aliphatic rings. The van der Waals surface area contributed by atoms with Gasteiger partial charge in [-0.3, -0.25) is 0 Å². The molecule has 0 fully saturated rings. The van der Waals surface area contributed by atoms with E-state index in [1.807, 2.05) is 44.2 Å². The number of aryl methyl sites for hydroxylation is 2. The van der Waals surface area contributed by atoms with Crippen molar-refractivity contribution in [2.75, 3.05) is 7.11 Å². The molecule has 0 amide bonds. The minimum Gasteiger partial charge on any atom is -0.438 e. The Morgan fingerprint density at radius 2 is 2.05 bits per heavy atom. The van der Waals surface area contributed by atoms with Crippen LogP contribution in [0.15, 0.2) is 30.3 Å². The summed E-state index contributed by atoms with van der Waals surface area (Å²) < 4.78 is 11.0. The van der Waals surface area contributed by atoms with E-state index in [-0.39, 0.29) is 4.99 Å². The molecule has 0 aliphatic heterocycles. The maximum Gasteiger partial charge on any atom is 0.229 e. The van der Waals surface area contributed by atoms with Crippen LogP contribution in [0.3, 0.4) is 0 Å². The van der Waals surface area contributed by atoms with Crippen molar-refractivity contribution in [2.24, 2.45) is 5.73 Å². The van der Waals surface area contributed by atoms with E-state index in [9.17, 15) is 0 Å². The lowest BCUT2D eigenvalue weighted by molar-refractivity contribution is 0.184. The third-order valence-corrected chi connectivity index (χ3v) is 3.19. The van der Waals surface area contributed by atoms with Gasteiger partial charge in [-0.25, -0.2) is 4.98 Å². The fourth-order valence-electron chi connectivity index (χ4n) is 2.15. The molecule has 4 nitrogen and oxygen atoms in total. The van der Waals surface area contributed by atoms with E-state index in [1.165, 1.54) is 0 Å². The summed E-state index contributed by atoms with van der Waals surface area (Å²) in [5, 5.41) is 0. The highest BCUT2D eigenvalue weighted by molar-refractivity contribution is 7.80. The van der Waals surface area contributed by atoms with Crippen LogP contribution < -0.4 is 10.5 Å². The Morgan fingerprint density at radius 3 is 2.71 bits per heavy atom. The van der Waals surface area contributed by atoms with E-state index >= 15 is 0 Å². The van der Waals surface area contributed by atoms with Crippen molar-refractivity contribution in [3.63, 3.8) is 0 Å². The SMILES string of the molecule is COCc1cccc(Oc2nc(C)cc(C)c2C(N)=S)c1. The van der Waals surface area contributed by atoms with Crippen LogP contribution in [-0.2, 0) is 11.3 Å². The molecule has 1 aromatic carbocycles. The predicted octanol–water partition coefficient (Wildman–Crippen LogP) is 3.27. The quantitative estimate of drug-likeness (QED) is 0.859. The number of aromatic nitrogens is 1. The second kappa shape index (κ2) is 6.65. The first-order valence-corrected chi connectivity index (χ1v) is 6.96. The molecule has 0 spiro atoms. The molecule has 0 atom stereocenters. The molecule has 21 heavy (non-hydrogen) atoms. The molecule has 0 unspecified atom stereocenters. The highest BCUT2D eigenvalue weighted by atomic mass is 32.1. The average Bonchev–Trinajstić information content (AvgIpc) is 2.38. The largest absolute Gasteiger partial charge is 0.438 e. The van der Waals surface area contributed by atoms with Crippen molar-refractivity contribution < 1.29 is 9.47 Å². The van der Waals surface area contributed by atoms with Crippen molar-refractivity contribution in [1.29, 1.82) is 0 Å². The third-order valence-electron chi connectivity index (χ3n) is 2.98. The zero-order valence-electron chi connectivity index (χ0n) is 12.3. The molecule has 0 saturated carbocycles. The summed E-state index contributed by atoms with van der Waals surface area (Å²) in [6.45, 7) is 4.38. The Kier molecular flexibility index (Phi) is 4.88. The molecule has 5 heteroatoms. The number of methoxy groups -OCH3 is 1. The molecular weight excluding hydrogens is 284 g/mol. The van der Waals surface area contributed by atoms with Crippen LogP contribution in [0.2, 0.25) is 0 Å². The fourth-order valence-corrected chi connectivity index (χ4v) is 2.40. The minimum absolute atomic E-state index is 0.281. The Bertz CT molecular complexity index is 671. The average molecular weight is 302 g/mol. The number of nitrogens with zero attached hydrogens (tertiary/aromatic N) is 1. The van der Waals surface area contributed by atoms with Gasteiger partial charge in [-0.1, -0.05) is 24.4 Å². The smallest absolute Gasteiger partial charge is 0.229 e. The van der Waals surface area contributed by atoms with E-state index < -0.39 is 0 Å². The Balaban J connectivity index is 2.39. The predicted molar refractivity (Wildman–Crippen MR) is 86.8 cm³/mol. The van der Waals surface area contributed by atoms with Crippen molar-refractivity contribution >= 4 is 17.2 Å². The number of hydrogen-bond acceptors (Lipinski definition) is 4. The van der Waals surface area contributed by atoms with Gasteiger partial charge in [0.1, 0.15) is 10.7 Å². The van der Waals surface area contributed by atoms with E-state index in [2.05, 4.69) is 4.98 Å². The lowest BCUT2D eigenvalue weighted by Gasteiger charge is -2.13. The third kappa shape index (κ3) is 3.77. The molecule has 0 saturated heterocycles. The van der Waals surface area contributed by atoms with Crippen LogP contribution in [0, 0.1) is 13.8 Å². The number of benzene rings is 1. The molecule has 0 bridgehead atoms. The van der Waals surface area contributed by atoms with Gasteiger partial charge >= 0.3 is 0 Å². The lowest BCUT2D eigenvalue weighted by atomic mass is 10.1. The summed E-state index contributed by atoms with van der Waals surface area (Å²) in [6.07, 6.45) is 0. The van der Waals surface area contributed by atoms with E-state index in [4.69, 9.17) is 27.4 Å². The van der Waals surface area contributed by atoms with Gasteiger partial charge in [-0.05, 0) is 43.2 Å². The highest BCUT2D eigenvalue weighted by Crippen LogP contribution is 2.27.